The molecule has 0 unspecified atom stereocenters. The molecule has 3 nitrogen and oxygen atoms in total. The maximum absolute atomic E-state index is 12.8. The van der Waals surface area contributed by atoms with Crippen molar-refractivity contribution in [3.05, 3.63) is 36.1 Å². The molecule has 3 rings (SSSR count). The van der Waals surface area contributed by atoms with Gasteiger partial charge >= 0.3 is 0 Å². The van der Waals surface area contributed by atoms with Crippen molar-refractivity contribution in [3.63, 3.8) is 0 Å². The van der Waals surface area contributed by atoms with Gasteiger partial charge < -0.3 is 9.32 Å². The Hall–Kier alpha value is -1.29. The Labute approximate surface area is 127 Å². The van der Waals surface area contributed by atoms with Crippen molar-refractivity contribution in [2.45, 2.75) is 31.7 Å². The molecule has 0 saturated heterocycles. The number of amides is 1. The molecule has 0 radical (unpaired) electrons. The van der Waals surface area contributed by atoms with Crippen LogP contribution in [0, 0.1) is 0 Å². The summed E-state index contributed by atoms with van der Waals surface area (Å²) in [4.78, 5) is 14.9. The highest BCUT2D eigenvalue weighted by Gasteiger charge is 2.28. The molecule has 0 aliphatic heterocycles. The Morgan fingerprint density at radius 2 is 2.05 bits per heavy atom. The van der Waals surface area contributed by atoms with Crippen LogP contribution in [0.1, 0.15) is 36.0 Å². The summed E-state index contributed by atoms with van der Waals surface area (Å²) in [6.45, 7) is 0.753. The molecule has 1 aliphatic carbocycles. The maximum atomic E-state index is 12.8. The highest BCUT2D eigenvalue weighted by molar-refractivity contribution is 9.09. The fourth-order valence-electron chi connectivity index (χ4n) is 3.06. The van der Waals surface area contributed by atoms with Gasteiger partial charge in [-0.3, -0.25) is 4.79 Å². The zero-order valence-corrected chi connectivity index (χ0v) is 12.9. The number of hydrogen-bond donors (Lipinski definition) is 0. The summed E-state index contributed by atoms with van der Waals surface area (Å²) in [5.74, 6) is 0.0984. The Morgan fingerprint density at radius 1 is 1.30 bits per heavy atom. The number of hydrogen-bond acceptors (Lipinski definition) is 2. The van der Waals surface area contributed by atoms with Crippen LogP contribution in [0.3, 0.4) is 0 Å². The number of nitrogens with zero attached hydrogens (tertiary/aromatic N) is 1. The molecule has 2 aromatic rings. The lowest BCUT2D eigenvalue weighted by Gasteiger charge is -2.28. The smallest absolute Gasteiger partial charge is 0.258 e. The quantitative estimate of drug-likeness (QED) is 0.784. The number of alkyl halides is 1. The first kappa shape index (κ1) is 13.7. The molecule has 1 aromatic heterocycles. The summed E-state index contributed by atoms with van der Waals surface area (Å²) < 4.78 is 5.50. The monoisotopic (exact) mass is 335 g/mol. The second-order valence-electron chi connectivity index (χ2n) is 5.27. The van der Waals surface area contributed by atoms with Crippen molar-refractivity contribution in [3.8, 4) is 0 Å². The minimum atomic E-state index is 0.0984. The Bertz CT molecular complexity index is 601. The predicted molar refractivity (Wildman–Crippen MR) is 83.3 cm³/mol. The molecular formula is C16H18BrNO2. The fraction of sp³-hybridized carbons (Fsp3) is 0.438. The maximum Gasteiger partial charge on any atom is 0.258 e. The molecule has 106 valence electrons. The van der Waals surface area contributed by atoms with Gasteiger partial charge in [-0.1, -0.05) is 47.0 Å². The zero-order chi connectivity index (χ0) is 13.9. The summed E-state index contributed by atoms with van der Waals surface area (Å²) in [6.07, 6.45) is 6.29. The Morgan fingerprint density at radius 3 is 2.80 bits per heavy atom. The van der Waals surface area contributed by atoms with Crippen LogP contribution >= 0.6 is 15.9 Å². The van der Waals surface area contributed by atoms with Crippen LogP contribution in [-0.4, -0.2) is 28.7 Å². The zero-order valence-electron chi connectivity index (χ0n) is 11.3. The van der Waals surface area contributed by atoms with E-state index < -0.39 is 0 Å². The molecule has 0 N–H and O–H groups in total. The minimum absolute atomic E-state index is 0.0984. The summed E-state index contributed by atoms with van der Waals surface area (Å²) in [5.41, 5.74) is 1.47. The lowest BCUT2D eigenvalue weighted by Crippen LogP contribution is -2.40. The standard InChI is InChI=1S/C16H18BrNO2/c17-9-10-18(12-5-1-2-6-12)16(19)14-11-20-15-8-4-3-7-13(14)15/h3-4,7-8,11-12H,1-2,5-6,9-10H2. The fourth-order valence-corrected chi connectivity index (χ4v) is 3.44. The molecule has 0 atom stereocenters. The van der Waals surface area contributed by atoms with E-state index in [0.29, 0.717) is 11.6 Å². The summed E-state index contributed by atoms with van der Waals surface area (Å²) >= 11 is 3.46. The molecule has 4 heteroatoms. The first-order chi connectivity index (χ1) is 9.81. The topological polar surface area (TPSA) is 33.5 Å². The van der Waals surface area contributed by atoms with Gasteiger partial charge in [-0.2, -0.15) is 0 Å². The van der Waals surface area contributed by atoms with Crippen LogP contribution in [0.25, 0.3) is 11.0 Å². The van der Waals surface area contributed by atoms with E-state index in [1.807, 2.05) is 29.2 Å². The van der Waals surface area contributed by atoms with Gasteiger partial charge in [-0.25, -0.2) is 0 Å². The Kier molecular flexibility index (Phi) is 4.10. The number of rotatable bonds is 4. The van der Waals surface area contributed by atoms with E-state index in [-0.39, 0.29) is 5.91 Å². The summed E-state index contributed by atoms with van der Waals surface area (Å²) in [5, 5.41) is 1.72. The average Bonchev–Trinajstić information content (AvgIpc) is 3.13. The third-order valence-corrected chi connectivity index (χ3v) is 4.42. The molecule has 1 heterocycles. The van der Waals surface area contributed by atoms with E-state index in [9.17, 15) is 4.79 Å². The summed E-state index contributed by atoms with van der Waals surface area (Å²) in [6, 6.07) is 8.10. The normalized spacial score (nSPS) is 15.8. The van der Waals surface area contributed by atoms with Crippen molar-refractivity contribution in [1.82, 2.24) is 4.90 Å². The van der Waals surface area contributed by atoms with Crippen LogP contribution in [0.15, 0.2) is 34.9 Å². The van der Waals surface area contributed by atoms with Crippen LogP contribution in [0.5, 0.6) is 0 Å². The van der Waals surface area contributed by atoms with Crippen LogP contribution in [-0.2, 0) is 0 Å². The number of fused-ring (bicyclic) bond motifs is 1. The molecule has 20 heavy (non-hydrogen) atoms. The van der Waals surface area contributed by atoms with E-state index in [1.54, 1.807) is 6.26 Å². The largest absolute Gasteiger partial charge is 0.463 e. The Balaban J connectivity index is 1.92. The third-order valence-electron chi connectivity index (χ3n) is 4.06. The van der Waals surface area contributed by atoms with E-state index in [1.165, 1.54) is 12.8 Å². The summed E-state index contributed by atoms with van der Waals surface area (Å²) in [7, 11) is 0. The SMILES string of the molecule is O=C(c1coc2ccccc12)N(CCBr)C1CCCC1. The van der Waals surface area contributed by atoms with Crippen molar-refractivity contribution in [2.75, 3.05) is 11.9 Å². The molecule has 1 aliphatic rings. The number of furan rings is 1. The van der Waals surface area contributed by atoms with Gasteiger partial charge in [0.25, 0.3) is 5.91 Å². The van der Waals surface area contributed by atoms with Crippen LogP contribution in [0.2, 0.25) is 0 Å². The molecule has 0 bridgehead atoms. The van der Waals surface area contributed by atoms with E-state index >= 15 is 0 Å². The molecular weight excluding hydrogens is 318 g/mol. The first-order valence-corrected chi connectivity index (χ1v) is 8.26. The van der Waals surface area contributed by atoms with Gasteiger partial charge in [-0.15, -0.1) is 0 Å². The highest BCUT2D eigenvalue weighted by atomic mass is 79.9. The number of para-hydroxylation sites is 1. The van der Waals surface area contributed by atoms with Crippen molar-refractivity contribution < 1.29 is 9.21 Å². The van der Waals surface area contributed by atoms with Gasteiger partial charge in [0.05, 0.1) is 5.56 Å². The lowest BCUT2D eigenvalue weighted by atomic mass is 10.1. The molecule has 0 spiro atoms. The minimum Gasteiger partial charge on any atom is -0.463 e. The van der Waals surface area contributed by atoms with Crippen molar-refractivity contribution in [1.29, 1.82) is 0 Å². The third kappa shape index (κ3) is 2.49. The van der Waals surface area contributed by atoms with Gasteiger partial charge in [0.15, 0.2) is 0 Å². The number of carbonyl (C=O) groups is 1. The van der Waals surface area contributed by atoms with E-state index in [4.69, 9.17) is 4.42 Å². The number of halogens is 1. The van der Waals surface area contributed by atoms with Gasteiger partial charge in [0.2, 0.25) is 0 Å². The first-order valence-electron chi connectivity index (χ1n) is 7.14. The molecule has 1 fully saturated rings. The van der Waals surface area contributed by atoms with Gasteiger partial charge in [0, 0.05) is 23.3 Å². The molecule has 1 amide bonds. The van der Waals surface area contributed by atoms with Crippen LogP contribution in [0.4, 0.5) is 0 Å². The van der Waals surface area contributed by atoms with Gasteiger partial charge in [0.1, 0.15) is 11.8 Å². The van der Waals surface area contributed by atoms with Crippen LogP contribution < -0.4 is 0 Å². The highest BCUT2D eigenvalue weighted by Crippen LogP contribution is 2.28. The lowest BCUT2D eigenvalue weighted by molar-refractivity contribution is 0.0697. The number of benzene rings is 1. The number of carbonyl (C=O) groups excluding carboxylic acids is 1. The van der Waals surface area contributed by atoms with Crippen molar-refractivity contribution >= 4 is 32.8 Å². The van der Waals surface area contributed by atoms with E-state index in [0.717, 1.165) is 35.7 Å². The predicted octanol–water partition coefficient (Wildman–Crippen LogP) is 4.21. The molecule has 1 aromatic carbocycles. The van der Waals surface area contributed by atoms with Crippen molar-refractivity contribution in [2.24, 2.45) is 0 Å². The molecule has 1 saturated carbocycles. The van der Waals surface area contributed by atoms with E-state index in [2.05, 4.69) is 15.9 Å². The second kappa shape index (κ2) is 6.00. The average molecular weight is 336 g/mol. The van der Waals surface area contributed by atoms with Gasteiger partial charge in [-0.05, 0) is 18.9 Å². The second-order valence-corrected chi connectivity index (χ2v) is 6.06.